The number of imide groups is 1. The fourth-order valence-electron chi connectivity index (χ4n) is 3.24. The summed E-state index contributed by atoms with van der Waals surface area (Å²) < 4.78 is 18.9. The molecule has 1 aliphatic rings. The summed E-state index contributed by atoms with van der Waals surface area (Å²) in [7, 11) is 0. The summed E-state index contributed by atoms with van der Waals surface area (Å²) >= 11 is 6.82. The van der Waals surface area contributed by atoms with Crippen molar-refractivity contribution >= 4 is 46.3 Å². The SMILES string of the molecule is O=C1S/C(=C\c2ccc(OCc3ccccc3[N+](=O)[O-])cc2)C(=O)N1Cc1ccc(F)cc1Cl. The lowest BCUT2D eigenvalue weighted by molar-refractivity contribution is -0.385. The van der Waals surface area contributed by atoms with Crippen LogP contribution in [0.25, 0.3) is 6.08 Å². The van der Waals surface area contributed by atoms with Crippen LogP contribution in [0.2, 0.25) is 5.02 Å². The third kappa shape index (κ3) is 5.27. The number of hydrogen-bond acceptors (Lipinski definition) is 6. The van der Waals surface area contributed by atoms with E-state index in [1.54, 1.807) is 48.5 Å². The minimum absolute atomic E-state index is 0.0169. The van der Waals surface area contributed by atoms with E-state index in [0.29, 0.717) is 22.4 Å². The lowest BCUT2D eigenvalue weighted by Gasteiger charge is -2.13. The minimum atomic E-state index is -0.503. The van der Waals surface area contributed by atoms with Crippen LogP contribution in [0.15, 0.2) is 71.6 Å². The van der Waals surface area contributed by atoms with Crippen LogP contribution >= 0.6 is 23.4 Å². The van der Waals surface area contributed by atoms with Gasteiger partial charge < -0.3 is 4.74 Å². The number of nitrogens with zero attached hydrogens (tertiary/aromatic N) is 2. The van der Waals surface area contributed by atoms with Crippen molar-refractivity contribution in [2.45, 2.75) is 13.2 Å². The van der Waals surface area contributed by atoms with Gasteiger partial charge in [0.05, 0.1) is 21.9 Å². The molecule has 0 saturated carbocycles. The lowest BCUT2D eigenvalue weighted by atomic mass is 10.2. The molecule has 34 heavy (non-hydrogen) atoms. The molecule has 0 aromatic heterocycles. The molecular formula is C24H16ClFN2O5S. The second-order valence-electron chi connectivity index (χ2n) is 7.25. The van der Waals surface area contributed by atoms with Crippen LogP contribution in [0.1, 0.15) is 16.7 Å². The minimum Gasteiger partial charge on any atom is -0.489 e. The molecule has 1 heterocycles. The summed E-state index contributed by atoms with van der Waals surface area (Å²) in [5.41, 5.74) is 1.57. The van der Waals surface area contributed by atoms with E-state index in [1.165, 1.54) is 18.2 Å². The van der Waals surface area contributed by atoms with Crippen LogP contribution in [-0.2, 0) is 17.9 Å². The molecule has 0 unspecified atom stereocenters. The Morgan fingerprint density at radius 1 is 1.06 bits per heavy atom. The number of para-hydroxylation sites is 1. The van der Waals surface area contributed by atoms with Crippen molar-refractivity contribution in [2.75, 3.05) is 0 Å². The van der Waals surface area contributed by atoms with E-state index in [4.69, 9.17) is 16.3 Å². The summed E-state index contributed by atoms with van der Waals surface area (Å²) in [4.78, 5) is 37.1. The molecule has 7 nitrogen and oxygen atoms in total. The maximum Gasteiger partial charge on any atom is 0.293 e. The maximum absolute atomic E-state index is 13.3. The van der Waals surface area contributed by atoms with Crippen LogP contribution in [0.3, 0.4) is 0 Å². The van der Waals surface area contributed by atoms with Crippen LogP contribution in [-0.4, -0.2) is 21.0 Å². The van der Waals surface area contributed by atoms with Gasteiger partial charge >= 0.3 is 0 Å². The third-order valence-electron chi connectivity index (χ3n) is 4.98. The number of benzene rings is 3. The van der Waals surface area contributed by atoms with Crippen LogP contribution in [0.5, 0.6) is 5.75 Å². The van der Waals surface area contributed by atoms with Gasteiger partial charge in [-0.2, -0.15) is 0 Å². The van der Waals surface area contributed by atoms with Gasteiger partial charge in [-0.25, -0.2) is 4.39 Å². The fourth-order valence-corrected chi connectivity index (χ4v) is 4.31. The van der Waals surface area contributed by atoms with Crippen molar-refractivity contribution in [1.29, 1.82) is 0 Å². The van der Waals surface area contributed by atoms with Gasteiger partial charge in [0.1, 0.15) is 18.2 Å². The molecule has 172 valence electrons. The molecule has 4 rings (SSSR count). The molecule has 0 spiro atoms. The van der Waals surface area contributed by atoms with E-state index in [-0.39, 0.29) is 28.8 Å². The van der Waals surface area contributed by atoms with E-state index in [2.05, 4.69) is 0 Å². The number of thioether (sulfide) groups is 1. The van der Waals surface area contributed by atoms with Crippen molar-refractivity contribution < 1.29 is 23.6 Å². The quantitative estimate of drug-likeness (QED) is 0.219. The second-order valence-corrected chi connectivity index (χ2v) is 8.65. The first-order valence-corrected chi connectivity index (χ1v) is 11.2. The van der Waals surface area contributed by atoms with Gasteiger partial charge in [-0.15, -0.1) is 0 Å². The van der Waals surface area contributed by atoms with Gasteiger partial charge in [-0.05, 0) is 59.3 Å². The Balaban J connectivity index is 1.43. The number of nitro groups is 1. The number of carbonyl (C=O) groups excluding carboxylic acids is 2. The lowest BCUT2D eigenvalue weighted by Crippen LogP contribution is -2.27. The Morgan fingerprint density at radius 2 is 1.79 bits per heavy atom. The zero-order chi connectivity index (χ0) is 24.2. The number of nitro benzene ring substituents is 1. The molecule has 10 heteroatoms. The smallest absolute Gasteiger partial charge is 0.293 e. The highest BCUT2D eigenvalue weighted by Gasteiger charge is 2.35. The van der Waals surface area contributed by atoms with E-state index < -0.39 is 21.9 Å². The molecule has 1 aliphatic heterocycles. The van der Waals surface area contributed by atoms with E-state index in [1.807, 2.05) is 0 Å². The topological polar surface area (TPSA) is 89.7 Å². The van der Waals surface area contributed by atoms with Crippen molar-refractivity contribution in [1.82, 2.24) is 4.90 Å². The number of carbonyl (C=O) groups is 2. The molecule has 0 atom stereocenters. The summed E-state index contributed by atoms with van der Waals surface area (Å²) in [5, 5.41) is 10.8. The predicted octanol–water partition coefficient (Wildman–Crippen LogP) is 6.20. The normalized spacial score (nSPS) is 14.6. The molecule has 2 amide bonds. The van der Waals surface area contributed by atoms with E-state index >= 15 is 0 Å². The zero-order valence-electron chi connectivity index (χ0n) is 17.4. The summed E-state index contributed by atoms with van der Waals surface area (Å²) in [6.07, 6.45) is 1.59. The number of hydrogen-bond donors (Lipinski definition) is 0. The number of amides is 2. The van der Waals surface area contributed by atoms with Crippen LogP contribution in [0.4, 0.5) is 14.9 Å². The van der Waals surface area contributed by atoms with Crippen molar-refractivity contribution in [3.63, 3.8) is 0 Å². The van der Waals surface area contributed by atoms with Crippen molar-refractivity contribution in [3.05, 3.63) is 109 Å². The molecule has 0 bridgehead atoms. The van der Waals surface area contributed by atoms with Gasteiger partial charge in [0.2, 0.25) is 0 Å². The van der Waals surface area contributed by atoms with Crippen molar-refractivity contribution in [3.8, 4) is 5.75 Å². The maximum atomic E-state index is 13.3. The number of rotatable bonds is 7. The third-order valence-corrected chi connectivity index (χ3v) is 6.24. The highest BCUT2D eigenvalue weighted by molar-refractivity contribution is 8.18. The van der Waals surface area contributed by atoms with Crippen LogP contribution < -0.4 is 4.74 Å². The zero-order valence-corrected chi connectivity index (χ0v) is 19.0. The molecule has 0 N–H and O–H groups in total. The summed E-state index contributed by atoms with van der Waals surface area (Å²) in [6.45, 7) is -0.0269. The molecule has 3 aromatic carbocycles. The Hall–Kier alpha value is -3.69. The standard InChI is InChI=1S/C24H16ClFN2O5S/c25-20-12-18(26)8-7-16(20)13-27-23(29)22(34-24(27)30)11-15-5-9-19(10-6-15)33-14-17-3-1-2-4-21(17)28(31)32/h1-12H,13-14H2/b22-11-. The molecule has 1 fully saturated rings. The first-order chi connectivity index (χ1) is 16.3. The Kier molecular flexibility index (Phi) is 6.95. The van der Waals surface area contributed by atoms with Gasteiger partial charge in [0.15, 0.2) is 0 Å². The molecule has 0 radical (unpaired) electrons. The van der Waals surface area contributed by atoms with E-state index in [9.17, 15) is 24.1 Å². The molecular weight excluding hydrogens is 483 g/mol. The van der Waals surface area contributed by atoms with Crippen LogP contribution in [0, 0.1) is 15.9 Å². The van der Waals surface area contributed by atoms with Gasteiger partial charge in [0.25, 0.3) is 16.8 Å². The molecule has 0 aliphatic carbocycles. The Morgan fingerprint density at radius 3 is 2.50 bits per heavy atom. The highest BCUT2D eigenvalue weighted by Crippen LogP contribution is 2.34. The first kappa shape index (κ1) is 23.5. The van der Waals surface area contributed by atoms with E-state index in [0.717, 1.165) is 22.7 Å². The summed E-state index contributed by atoms with van der Waals surface area (Å²) in [5.74, 6) is -0.473. The summed E-state index contributed by atoms with van der Waals surface area (Å²) in [6, 6.07) is 16.9. The number of ether oxygens (including phenoxy) is 1. The fraction of sp³-hybridized carbons (Fsp3) is 0.0833. The van der Waals surface area contributed by atoms with Gasteiger partial charge in [-0.3, -0.25) is 24.6 Å². The van der Waals surface area contributed by atoms with Gasteiger partial charge in [-0.1, -0.05) is 41.9 Å². The predicted molar refractivity (Wildman–Crippen MR) is 127 cm³/mol. The van der Waals surface area contributed by atoms with Gasteiger partial charge in [0, 0.05) is 11.1 Å². The highest BCUT2D eigenvalue weighted by atomic mass is 35.5. The second kappa shape index (κ2) is 10.1. The largest absolute Gasteiger partial charge is 0.489 e. The average Bonchev–Trinajstić information content (AvgIpc) is 3.07. The molecule has 3 aromatic rings. The monoisotopic (exact) mass is 498 g/mol. The average molecular weight is 499 g/mol. The Labute approximate surface area is 202 Å². The number of halogens is 2. The Bertz CT molecular complexity index is 1310. The van der Waals surface area contributed by atoms with Crippen molar-refractivity contribution in [2.24, 2.45) is 0 Å². The molecule has 1 saturated heterocycles. The first-order valence-electron chi connectivity index (χ1n) is 9.96.